The molecule has 0 aliphatic heterocycles. The Morgan fingerprint density at radius 2 is 0.897 bits per heavy atom. The van der Waals surface area contributed by atoms with Crippen LogP contribution in [-0.4, -0.2) is 12.4 Å². The van der Waals surface area contributed by atoms with Crippen molar-refractivity contribution in [3.05, 3.63) is 150 Å². The third-order valence-electron chi connectivity index (χ3n) is 5.64. The molecule has 7 nitrogen and oxygen atoms in total. The Kier molecular flexibility index (Phi) is 8.23. The molecule has 0 spiro atoms. The standard InChI is InChI=1S/C32H25N6O/c39-38(37-31-17-13-28(14-18-31)34-24-26-9-5-2-6-10-26)32-21-19-30(20-22-32)36-35-29-15-11-27(12-16-29)33-23-25-7-3-1-4-8-25/h1-24,37H/q-1. The third-order valence-corrected chi connectivity index (χ3v) is 5.64. The third kappa shape index (κ3) is 7.55. The molecule has 0 fully saturated rings. The molecule has 0 aliphatic carbocycles. The van der Waals surface area contributed by atoms with E-state index in [1.54, 1.807) is 30.5 Å². The lowest BCUT2D eigenvalue weighted by atomic mass is 10.2. The quantitative estimate of drug-likeness (QED) is 0.122. The van der Waals surface area contributed by atoms with E-state index in [-0.39, 0.29) is 0 Å². The molecule has 5 aromatic rings. The van der Waals surface area contributed by atoms with Crippen molar-refractivity contribution in [2.24, 2.45) is 20.2 Å². The first kappa shape index (κ1) is 25.3. The van der Waals surface area contributed by atoms with Crippen molar-refractivity contribution in [3.8, 4) is 0 Å². The van der Waals surface area contributed by atoms with Crippen LogP contribution in [0.1, 0.15) is 11.1 Å². The molecular formula is C32H25N6O-. The van der Waals surface area contributed by atoms with Crippen molar-refractivity contribution in [1.82, 2.24) is 0 Å². The second-order valence-corrected chi connectivity index (χ2v) is 8.52. The summed E-state index contributed by atoms with van der Waals surface area (Å²) in [5.41, 5.74) is 8.97. The monoisotopic (exact) mass is 509 g/mol. The van der Waals surface area contributed by atoms with Crippen molar-refractivity contribution in [2.75, 3.05) is 10.6 Å². The van der Waals surface area contributed by atoms with Gasteiger partial charge in [-0.15, -0.1) is 0 Å². The van der Waals surface area contributed by atoms with Gasteiger partial charge in [0.05, 0.1) is 28.4 Å². The van der Waals surface area contributed by atoms with Crippen LogP contribution in [0.3, 0.4) is 0 Å². The Morgan fingerprint density at radius 3 is 1.38 bits per heavy atom. The molecule has 0 unspecified atom stereocenters. The Hall–Kier alpha value is -5.40. The predicted molar refractivity (Wildman–Crippen MR) is 160 cm³/mol. The highest BCUT2D eigenvalue weighted by Gasteiger charge is 1.99. The number of benzene rings is 5. The molecule has 1 N–H and O–H groups in total. The Morgan fingerprint density at radius 1 is 0.487 bits per heavy atom. The van der Waals surface area contributed by atoms with Crippen LogP contribution >= 0.6 is 0 Å². The summed E-state index contributed by atoms with van der Waals surface area (Å²) in [6, 6.07) is 41.5. The van der Waals surface area contributed by atoms with Crippen LogP contribution in [-0.2, 0) is 0 Å². The summed E-state index contributed by atoms with van der Waals surface area (Å²) >= 11 is 0. The number of azo groups is 1. The van der Waals surface area contributed by atoms with Gasteiger partial charge >= 0.3 is 0 Å². The van der Waals surface area contributed by atoms with Crippen molar-refractivity contribution in [3.63, 3.8) is 0 Å². The zero-order chi connectivity index (χ0) is 26.7. The highest BCUT2D eigenvalue weighted by Crippen LogP contribution is 2.25. The smallest absolute Gasteiger partial charge is 0.0858 e. The minimum Gasteiger partial charge on any atom is -0.739 e. The maximum absolute atomic E-state index is 12.6. The molecule has 0 radical (unpaired) electrons. The number of nitrogens with one attached hydrogen (secondary N) is 1. The second kappa shape index (κ2) is 12.7. The van der Waals surface area contributed by atoms with Crippen molar-refractivity contribution < 1.29 is 0 Å². The maximum atomic E-state index is 12.6. The molecule has 7 heteroatoms. The number of anilines is 2. The molecule has 0 bridgehead atoms. The van der Waals surface area contributed by atoms with Gasteiger partial charge in [0.15, 0.2) is 0 Å². The topological polar surface area (TPSA) is 87.8 Å². The number of hydrogen-bond donors (Lipinski definition) is 1. The average molecular weight is 510 g/mol. The summed E-state index contributed by atoms with van der Waals surface area (Å²) < 4.78 is 0. The van der Waals surface area contributed by atoms with Gasteiger partial charge in [-0.1, -0.05) is 60.7 Å². The number of nitrogens with zero attached hydrogens (tertiary/aromatic N) is 5. The minimum atomic E-state index is 0.445. The molecule has 39 heavy (non-hydrogen) atoms. The Balaban J connectivity index is 1.14. The fraction of sp³-hybridized carbons (Fsp3) is 0. The first-order valence-electron chi connectivity index (χ1n) is 12.4. The van der Waals surface area contributed by atoms with E-state index in [1.165, 1.54) is 0 Å². The van der Waals surface area contributed by atoms with Crippen LogP contribution in [0.15, 0.2) is 154 Å². The van der Waals surface area contributed by atoms with Gasteiger partial charge < -0.3 is 15.8 Å². The molecule has 190 valence electrons. The zero-order valence-corrected chi connectivity index (χ0v) is 21.0. The molecule has 0 aromatic heterocycles. The molecular weight excluding hydrogens is 484 g/mol. The zero-order valence-electron chi connectivity index (χ0n) is 21.0. The fourth-order valence-corrected chi connectivity index (χ4v) is 3.56. The number of rotatable bonds is 9. The summed E-state index contributed by atoms with van der Waals surface area (Å²) in [5, 5.41) is 21.8. The van der Waals surface area contributed by atoms with E-state index in [0.717, 1.165) is 22.5 Å². The largest absolute Gasteiger partial charge is 0.739 e. The van der Waals surface area contributed by atoms with Crippen molar-refractivity contribution >= 4 is 46.6 Å². The van der Waals surface area contributed by atoms with Gasteiger partial charge in [-0.2, -0.15) is 10.2 Å². The second-order valence-electron chi connectivity index (χ2n) is 8.52. The summed E-state index contributed by atoms with van der Waals surface area (Å²) in [6.45, 7) is 0. The molecule has 5 aromatic carbocycles. The lowest BCUT2D eigenvalue weighted by Crippen LogP contribution is -2.22. The van der Waals surface area contributed by atoms with Crippen LogP contribution < -0.4 is 10.6 Å². The van der Waals surface area contributed by atoms with Gasteiger partial charge in [-0.25, -0.2) is 0 Å². The molecule has 0 amide bonds. The number of aliphatic imine (C=N–C) groups is 2. The van der Waals surface area contributed by atoms with E-state index in [0.29, 0.717) is 27.9 Å². The molecule has 0 atom stereocenters. The maximum Gasteiger partial charge on any atom is 0.0858 e. The number of hydrogen-bond acceptors (Lipinski definition) is 7. The summed E-state index contributed by atoms with van der Waals surface area (Å²) in [5.74, 6) is 0. The van der Waals surface area contributed by atoms with Gasteiger partial charge in [-0.3, -0.25) is 9.98 Å². The van der Waals surface area contributed by atoms with E-state index in [4.69, 9.17) is 0 Å². The van der Waals surface area contributed by atoms with Gasteiger partial charge in [0.25, 0.3) is 0 Å². The molecule has 0 heterocycles. The lowest BCUT2D eigenvalue weighted by molar-refractivity contribution is 1.16. The summed E-state index contributed by atoms with van der Waals surface area (Å²) in [6.07, 6.45) is 3.63. The normalized spacial score (nSPS) is 11.4. The fourth-order valence-electron chi connectivity index (χ4n) is 3.56. The van der Waals surface area contributed by atoms with Crippen LogP contribution in [0, 0.1) is 5.21 Å². The first-order chi connectivity index (χ1) is 19.2. The van der Waals surface area contributed by atoms with E-state index < -0.39 is 0 Å². The summed E-state index contributed by atoms with van der Waals surface area (Å²) in [4.78, 5) is 8.93. The highest BCUT2D eigenvalue weighted by molar-refractivity contribution is 5.82. The minimum absolute atomic E-state index is 0.445. The van der Waals surface area contributed by atoms with Gasteiger partial charge in [0.1, 0.15) is 0 Å². The number of hydrazine groups is 1. The first-order valence-corrected chi connectivity index (χ1v) is 12.4. The molecule has 5 rings (SSSR count). The predicted octanol–water partition coefficient (Wildman–Crippen LogP) is 8.93. The summed E-state index contributed by atoms with van der Waals surface area (Å²) in [7, 11) is 0. The SMILES string of the molecule is [O-]N(Nc1ccc(N=Cc2ccccc2)cc1)c1ccc(N=Nc2ccc(N=Cc3ccccc3)cc2)cc1. The van der Waals surface area contributed by atoms with Crippen LogP contribution in [0.4, 0.5) is 34.1 Å². The molecule has 0 saturated heterocycles. The Bertz CT molecular complexity index is 1550. The van der Waals surface area contributed by atoms with E-state index >= 15 is 0 Å². The van der Waals surface area contributed by atoms with Crippen LogP contribution in [0.5, 0.6) is 0 Å². The van der Waals surface area contributed by atoms with Gasteiger partial charge in [0.2, 0.25) is 0 Å². The lowest BCUT2D eigenvalue weighted by Gasteiger charge is -2.31. The van der Waals surface area contributed by atoms with Crippen molar-refractivity contribution in [2.45, 2.75) is 0 Å². The molecule has 0 aliphatic rings. The highest BCUT2D eigenvalue weighted by atomic mass is 16.5. The van der Waals surface area contributed by atoms with E-state index in [9.17, 15) is 5.21 Å². The van der Waals surface area contributed by atoms with Crippen LogP contribution in [0.2, 0.25) is 0 Å². The molecule has 0 saturated carbocycles. The average Bonchev–Trinajstić information content (AvgIpc) is 3.00. The van der Waals surface area contributed by atoms with E-state index in [2.05, 4.69) is 25.6 Å². The van der Waals surface area contributed by atoms with Gasteiger partial charge in [-0.05, 0) is 83.9 Å². The van der Waals surface area contributed by atoms with E-state index in [1.807, 2.05) is 115 Å². The Labute approximate surface area is 227 Å². The van der Waals surface area contributed by atoms with Crippen LogP contribution in [0.25, 0.3) is 0 Å². The van der Waals surface area contributed by atoms with Gasteiger partial charge in [0, 0.05) is 18.1 Å². The van der Waals surface area contributed by atoms with Crippen molar-refractivity contribution in [1.29, 1.82) is 0 Å².